The van der Waals surface area contributed by atoms with Gasteiger partial charge in [0.2, 0.25) is 0 Å². The number of aromatic amines is 1. The zero-order chi connectivity index (χ0) is 22.4. The number of rotatable bonds is 4. The number of carbonyl (C=O) groups excluding carboxylic acids is 1. The number of hydrogen-bond acceptors (Lipinski definition) is 6. The Labute approximate surface area is 191 Å². The van der Waals surface area contributed by atoms with Gasteiger partial charge in [0.15, 0.2) is 11.6 Å². The Morgan fingerprint density at radius 3 is 2.91 bits per heavy atom. The first-order valence-electron chi connectivity index (χ1n) is 11.4. The van der Waals surface area contributed by atoms with E-state index in [1.165, 1.54) is 19.4 Å². The predicted octanol–water partition coefficient (Wildman–Crippen LogP) is 2.90. The van der Waals surface area contributed by atoms with Gasteiger partial charge in [-0.05, 0) is 43.7 Å². The number of carbonyl (C=O) groups is 1. The first kappa shape index (κ1) is 19.9. The largest absolute Gasteiger partial charge is 0.354 e. The molecule has 3 aromatic heterocycles. The average Bonchev–Trinajstić information content (AvgIpc) is 3.56. The van der Waals surface area contributed by atoms with E-state index in [1.807, 2.05) is 49.5 Å². The van der Waals surface area contributed by atoms with E-state index in [4.69, 9.17) is 0 Å². The lowest BCUT2D eigenvalue weighted by molar-refractivity contribution is 0.102. The third kappa shape index (κ3) is 3.74. The second kappa shape index (κ2) is 8.00. The normalized spacial score (nSPS) is 18.6. The summed E-state index contributed by atoms with van der Waals surface area (Å²) in [6.07, 6.45) is 4.20. The third-order valence-electron chi connectivity index (χ3n) is 6.67. The minimum Gasteiger partial charge on any atom is -0.354 e. The van der Waals surface area contributed by atoms with Gasteiger partial charge in [-0.2, -0.15) is 5.10 Å². The van der Waals surface area contributed by atoms with Crippen molar-refractivity contribution in [3.05, 3.63) is 54.2 Å². The number of aryl methyl sites for hydroxylation is 1. The number of anilines is 2. The van der Waals surface area contributed by atoms with E-state index in [1.54, 1.807) is 10.9 Å². The van der Waals surface area contributed by atoms with Gasteiger partial charge in [-0.15, -0.1) is 0 Å². The first-order valence-corrected chi connectivity index (χ1v) is 11.4. The van der Waals surface area contributed by atoms with Crippen LogP contribution in [0.15, 0.2) is 48.7 Å². The van der Waals surface area contributed by atoms with E-state index in [0.29, 0.717) is 23.2 Å². The average molecular weight is 443 g/mol. The summed E-state index contributed by atoms with van der Waals surface area (Å²) in [7, 11) is 1.83. The van der Waals surface area contributed by atoms with E-state index >= 15 is 0 Å². The molecule has 33 heavy (non-hydrogen) atoms. The molecular formula is C24H26N8O. The molecule has 4 aromatic rings. The van der Waals surface area contributed by atoms with Gasteiger partial charge in [-0.3, -0.25) is 14.4 Å². The van der Waals surface area contributed by atoms with Crippen LogP contribution in [0.25, 0.3) is 22.6 Å². The highest BCUT2D eigenvalue weighted by molar-refractivity contribution is 6.03. The quantitative estimate of drug-likeness (QED) is 0.505. The van der Waals surface area contributed by atoms with Crippen molar-refractivity contribution < 1.29 is 4.79 Å². The summed E-state index contributed by atoms with van der Waals surface area (Å²) < 4.78 is 1.71. The molecule has 2 fully saturated rings. The number of piperazine rings is 1. The van der Waals surface area contributed by atoms with Crippen molar-refractivity contribution in [3.63, 3.8) is 0 Å². The molecular weight excluding hydrogens is 416 g/mol. The molecule has 0 aliphatic carbocycles. The van der Waals surface area contributed by atoms with Gasteiger partial charge < -0.3 is 15.2 Å². The summed E-state index contributed by atoms with van der Waals surface area (Å²) in [4.78, 5) is 30.2. The van der Waals surface area contributed by atoms with Gasteiger partial charge in [0.05, 0.1) is 16.6 Å². The Morgan fingerprint density at radius 2 is 2.06 bits per heavy atom. The van der Waals surface area contributed by atoms with Crippen LogP contribution in [0.3, 0.4) is 0 Å². The molecule has 5 heterocycles. The van der Waals surface area contributed by atoms with E-state index in [-0.39, 0.29) is 5.91 Å². The fourth-order valence-corrected chi connectivity index (χ4v) is 4.92. The molecule has 0 spiro atoms. The maximum Gasteiger partial charge on any atom is 0.258 e. The number of imidazole rings is 1. The highest BCUT2D eigenvalue weighted by Crippen LogP contribution is 2.25. The lowest BCUT2D eigenvalue weighted by Gasteiger charge is -2.38. The summed E-state index contributed by atoms with van der Waals surface area (Å²) in [6.45, 7) is 4.29. The number of benzene rings is 1. The Bertz CT molecular complexity index is 1270. The van der Waals surface area contributed by atoms with Crippen molar-refractivity contribution in [3.8, 4) is 11.5 Å². The minimum absolute atomic E-state index is 0.232. The Morgan fingerprint density at radius 1 is 1.15 bits per heavy atom. The zero-order valence-corrected chi connectivity index (χ0v) is 18.5. The summed E-state index contributed by atoms with van der Waals surface area (Å²) in [5, 5.41) is 7.32. The molecule has 2 saturated heterocycles. The lowest BCUT2D eigenvalue weighted by atomic mass is 10.1. The maximum absolute atomic E-state index is 12.8. The van der Waals surface area contributed by atoms with Crippen LogP contribution in [0.4, 0.5) is 11.6 Å². The molecule has 2 aliphatic heterocycles. The molecule has 168 valence electrons. The molecule has 6 rings (SSSR count). The number of fused-ring (bicyclic) bond motifs is 2. The summed E-state index contributed by atoms with van der Waals surface area (Å²) in [6, 6.07) is 14.1. The van der Waals surface area contributed by atoms with Crippen LogP contribution in [0.2, 0.25) is 0 Å². The minimum atomic E-state index is -0.232. The number of nitrogens with one attached hydrogen (secondary N) is 2. The molecule has 9 heteroatoms. The van der Waals surface area contributed by atoms with E-state index < -0.39 is 0 Å². The van der Waals surface area contributed by atoms with Crippen LogP contribution in [-0.2, 0) is 7.05 Å². The van der Waals surface area contributed by atoms with Crippen LogP contribution in [0, 0.1) is 0 Å². The van der Waals surface area contributed by atoms with E-state index in [9.17, 15) is 4.79 Å². The number of hydrogen-bond donors (Lipinski definition) is 2. The molecule has 0 saturated carbocycles. The third-order valence-corrected chi connectivity index (χ3v) is 6.67. The van der Waals surface area contributed by atoms with Crippen molar-refractivity contribution in [1.82, 2.24) is 29.6 Å². The van der Waals surface area contributed by atoms with Crippen molar-refractivity contribution in [1.29, 1.82) is 0 Å². The SMILES string of the molecule is Cn1nc(NC(=O)c2ccc(N3CCN4CCCC4C3)nc2)cc1-c1nc2ccccc2[nH]1. The monoisotopic (exact) mass is 442 g/mol. The first-order chi connectivity index (χ1) is 16.1. The van der Waals surface area contributed by atoms with Crippen molar-refractivity contribution >= 4 is 28.6 Å². The molecule has 1 unspecified atom stereocenters. The smallest absolute Gasteiger partial charge is 0.258 e. The Hall–Kier alpha value is -3.72. The van der Waals surface area contributed by atoms with Crippen LogP contribution in [0.5, 0.6) is 0 Å². The zero-order valence-electron chi connectivity index (χ0n) is 18.5. The van der Waals surface area contributed by atoms with Crippen LogP contribution in [0.1, 0.15) is 23.2 Å². The second-order valence-corrected chi connectivity index (χ2v) is 8.78. The number of amides is 1. The fourth-order valence-electron chi connectivity index (χ4n) is 4.92. The number of pyridine rings is 1. The molecule has 2 aliphatic rings. The molecule has 9 nitrogen and oxygen atoms in total. The fraction of sp³-hybridized carbons (Fsp3) is 0.333. The van der Waals surface area contributed by atoms with Gasteiger partial charge >= 0.3 is 0 Å². The maximum atomic E-state index is 12.8. The lowest BCUT2D eigenvalue weighted by Crippen LogP contribution is -2.50. The van der Waals surface area contributed by atoms with Crippen molar-refractivity contribution in [2.24, 2.45) is 7.05 Å². The van der Waals surface area contributed by atoms with E-state index in [0.717, 1.165) is 42.2 Å². The molecule has 0 bridgehead atoms. The van der Waals surface area contributed by atoms with Crippen molar-refractivity contribution in [2.75, 3.05) is 36.4 Å². The number of H-pyrrole nitrogens is 1. The molecule has 1 aromatic carbocycles. The summed E-state index contributed by atoms with van der Waals surface area (Å²) >= 11 is 0. The van der Waals surface area contributed by atoms with Gasteiger partial charge in [-0.25, -0.2) is 9.97 Å². The van der Waals surface area contributed by atoms with Crippen molar-refractivity contribution in [2.45, 2.75) is 18.9 Å². The standard InChI is InChI=1S/C24H26N8O/c1-30-20(23-26-18-6-2-3-7-19(18)27-23)13-21(29-30)28-24(33)16-8-9-22(25-14-16)32-12-11-31-10-4-5-17(31)15-32/h2-3,6-9,13-14,17H,4-5,10-12,15H2,1H3,(H,26,27)(H,28,29,33). The van der Waals surface area contributed by atoms with Crippen LogP contribution < -0.4 is 10.2 Å². The van der Waals surface area contributed by atoms with Gasteiger partial charge in [0.25, 0.3) is 5.91 Å². The van der Waals surface area contributed by atoms with Crippen LogP contribution >= 0.6 is 0 Å². The molecule has 0 radical (unpaired) electrons. The highest BCUT2D eigenvalue weighted by Gasteiger charge is 2.31. The number of aromatic nitrogens is 5. The van der Waals surface area contributed by atoms with Gasteiger partial charge in [-0.1, -0.05) is 12.1 Å². The summed E-state index contributed by atoms with van der Waals surface area (Å²) in [5.41, 5.74) is 3.15. The predicted molar refractivity (Wildman–Crippen MR) is 127 cm³/mol. The Kier molecular flexibility index (Phi) is 4.83. The Balaban J connectivity index is 1.15. The van der Waals surface area contributed by atoms with E-state index in [2.05, 4.69) is 35.2 Å². The van der Waals surface area contributed by atoms with Crippen LogP contribution in [-0.4, -0.2) is 67.8 Å². The topological polar surface area (TPSA) is 95.0 Å². The molecule has 2 N–H and O–H groups in total. The molecule has 1 atom stereocenters. The number of nitrogens with zero attached hydrogens (tertiary/aromatic N) is 6. The van der Waals surface area contributed by atoms with Gasteiger partial charge in [0, 0.05) is 45.0 Å². The highest BCUT2D eigenvalue weighted by atomic mass is 16.1. The molecule has 1 amide bonds. The second-order valence-electron chi connectivity index (χ2n) is 8.78. The number of para-hydroxylation sites is 2. The van der Waals surface area contributed by atoms with Gasteiger partial charge in [0.1, 0.15) is 11.5 Å². The summed E-state index contributed by atoms with van der Waals surface area (Å²) in [5.74, 6) is 1.88.